The normalized spacial score (nSPS) is 15.3. The smallest absolute Gasteiger partial charge is 0.133 e. The topological polar surface area (TPSA) is 53.1 Å². The van der Waals surface area contributed by atoms with Crippen LogP contribution in [0.15, 0.2) is 54.9 Å². The van der Waals surface area contributed by atoms with E-state index in [1.54, 1.807) is 6.20 Å². The average Bonchev–Trinajstić information content (AvgIpc) is 2.77. The summed E-state index contributed by atoms with van der Waals surface area (Å²) in [6, 6.07) is 14.6. The van der Waals surface area contributed by atoms with Gasteiger partial charge in [-0.25, -0.2) is 9.97 Å². The molecule has 1 saturated heterocycles. The first-order valence-corrected chi connectivity index (χ1v) is 13.2. The van der Waals surface area contributed by atoms with Gasteiger partial charge in [0.1, 0.15) is 11.6 Å². The molecule has 0 spiro atoms. The van der Waals surface area contributed by atoms with Crippen LogP contribution in [0.5, 0.6) is 0 Å². The number of piperidine rings is 1. The van der Waals surface area contributed by atoms with Gasteiger partial charge in [0.2, 0.25) is 0 Å². The van der Waals surface area contributed by atoms with Gasteiger partial charge in [0.05, 0.1) is 16.9 Å². The Morgan fingerprint density at radius 3 is 2.48 bits per heavy atom. The van der Waals surface area contributed by atoms with Crippen molar-refractivity contribution in [2.24, 2.45) is 0 Å². The number of anilines is 4. The maximum Gasteiger partial charge on any atom is 0.133 e. The number of halogens is 1. The molecule has 3 aromatic rings. The number of nitrogens with one attached hydrogen (secondary N) is 2. The molecular formula is C24H29ClN5P. The number of para-hydroxylation sites is 1. The summed E-state index contributed by atoms with van der Waals surface area (Å²) in [5.41, 5.74) is 3.25. The summed E-state index contributed by atoms with van der Waals surface area (Å²) in [7, 11) is 1.96. The van der Waals surface area contributed by atoms with Crippen molar-refractivity contribution in [2.75, 3.05) is 44.1 Å². The van der Waals surface area contributed by atoms with Gasteiger partial charge >= 0.3 is 0 Å². The van der Waals surface area contributed by atoms with Crippen LogP contribution in [0.2, 0.25) is 5.02 Å². The quantitative estimate of drug-likeness (QED) is 0.462. The molecule has 0 saturated carbocycles. The molecule has 2 N–H and O–H groups in total. The second-order valence-electron chi connectivity index (χ2n) is 8.26. The third-order valence-electron chi connectivity index (χ3n) is 5.74. The van der Waals surface area contributed by atoms with Gasteiger partial charge in [-0.2, -0.15) is 0 Å². The zero-order valence-electron chi connectivity index (χ0n) is 18.3. The van der Waals surface area contributed by atoms with Crippen LogP contribution in [0.3, 0.4) is 0 Å². The van der Waals surface area contributed by atoms with Crippen LogP contribution in [-0.2, 0) is 0 Å². The molecule has 5 nitrogen and oxygen atoms in total. The van der Waals surface area contributed by atoms with E-state index in [0.29, 0.717) is 16.8 Å². The van der Waals surface area contributed by atoms with Gasteiger partial charge in [0.25, 0.3) is 0 Å². The summed E-state index contributed by atoms with van der Waals surface area (Å²) in [5, 5.41) is 8.75. The van der Waals surface area contributed by atoms with Crippen molar-refractivity contribution in [3.8, 4) is 0 Å². The van der Waals surface area contributed by atoms with Gasteiger partial charge < -0.3 is 15.5 Å². The lowest BCUT2D eigenvalue weighted by Gasteiger charge is -2.29. The predicted octanol–water partition coefficient (Wildman–Crippen LogP) is 5.79. The highest BCUT2D eigenvalue weighted by atomic mass is 35.5. The van der Waals surface area contributed by atoms with E-state index < -0.39 is 0 Å². The van der Waals surface area contributed by atoms with E-state index in [9.17, 15) is 0 Å². The fourth-order valence-electron chi connectivity index (χ4n) is 3.96. The van der Waals surface area contributed by atoms with E-state index in [2.05, 4.69) is 76.2 Å². The number of rotatable bonds is 6. The fraction of sp³-hybridized carbons (Fsp3) is 0.333. The van der Waals surface area contributed by atoms with Crippen LogP contribution in [0, 0.1) is 0 Å². The monoisotopic (exact) mass is 453 g/mol. The molecule has 4 rings (SSSR count). The lowest BCUT2D eigenvalue weighted by molar-refractivity contribution is 0.255. The van der Waals surface area contributed by atoms with Crippen molar-refractivity contribution in [1.29, 1.82) is 0 Å². The Hall–Kier alpha value is -2.20. The summed E-state index contributed by atoms with van der Waals surface area (Å²) >= 11 is 6.45. The SMILES string of the molecule is CN1CCC(c2ccnc(Nc3cc(Nc4ccccc4P(C)C)c(Cl)cn3)c2)CC1. The number of aromatic nitrogens is 2. The third kappa shape index (κ3) is 5.54. The Morgan fingerprint density at radius 1 is 0.968 bits per heavy atom. The van der Waals surface area contributed by atoms with Crippen molar-refractivity contribution in [2.45, 2.75) is 18.8 Å². The van der Waals surface area contributed by atoms with E-state index in [0.717, 1.165) is 30.3 Å². The lowest BCUT2D eigenvalue weighted by atomic mass is 9.90. The van der Waals surface area contributed by atoms with E-state index in [-0.39, 0.29) is 7.92 Å². The molecule has 0 amide bonds. The van der Waals surface area contributed by atoms with Crippen molar-refractivity contribution in [1.82, 2.24) is 14.9 Å². The number of hydrogen-bond acceptors (Lipinski definition) is 5. The third-order valence-corrected chi connectivity index (χ3v) is 7.40. The maximum absolute atomic E-state index is 6.45. The maximum atomic E-state index is 6.45. The first-order valence-electron chi connectivity index (χ1n) is 10.6. The Labute approximate surface area is 191 Å². The average molecular weight is 454 g/mol. The molecule has 0 atom stereocenters. The number of hydrogen-bond donors (Lipinski definition) is 2. The molecule has 0 aliphatic carbocycles. The molecule has 0 radical (unpaired) electrons. The molecule has 1 aromatic carbocycles. The summed E-state index contributed by atoms with van der Waals surface area (Å²) in [5.74, 6) is 2.11. The lowest BCUT2D eigenvalue weighted by Crippen LogP contribution is -2.29. The molecule has 162 valence electrons. The Kier molecular flexibility index (Phi) is 7.06. The second-order valence-corrected chi connectivity index (χ2v) is 10.9. The molecule has 2 aromatic heterocycles. The second kappa shape index (κ2) is 9.95. The number of benzene rings is 1. The zero-order chi connectivity index (χ0) is 21.8. The van der Waals surface area contributed by atoms with Crippen molar-refractivity contribution in [3.05, 3.63) is 65.4 Å². The van der Waals surface area contributed by atoms with Crippen LogP contribution in [0.1, 0.15) is 24.3 Å². The minimum Gasteiger partial charge on any atom is -0.354 e. The minimum atomic E-state index is -0.233. The molecular weight excluding hydrogens is 425 g/mol. The molecule has 1 fully saturated rings. The van der Waals surface area contributed by atoms with E-state index in [4.69, 9.17) is 11.6 Å². The van der Waals surface area contributed by atoms with Gasteiger partial charge in [-0.05, 0) is 81.3 Å². The van der Waals surface area contributed by atoms with Crippen LogP contribution in [0.25, 0.3) is 0 Å². The highest BCUT2D eigenvalue weighted by molar-refractivity contribution is 7.64. The molecule has 31 heavy (non-hydrogen) atoms. The Balaban J connectivity index is 1.52. The number of pyridine rings is 2. The van der Waals surface area contributed by atoms with Gasteiger partial charge in [0.15, 0.2) is 0 Å². The van der Waals surface area contributed by atoms with Gasteiger partial charge in [-0.15, -0.1) is 0 Å². The van der Waals surface area contributed by atoms with Crippen LogP contribution in [-0.4, -0.2) is 48.3 Å². The van der Waals surface area contributed by atoms with Gasteiger partial charge in [-0.1, -0.05) is 37.7 Å². The van der Waals surface area contributed by atoms with Gasteiger partial charge in [0, 0.05) is 18.0 Å². The largest absolute Gasteiger partial charge is 0.354 e. The van der Waals surface area contributed by atoms with E-state index >= 15 is 0 Å². The summed E-state index contributed by atoms with van der Waals surface area (Å²) in [4.78, 5) is 11.4. The van der Waals surface area contributed by atoms with Gasteiger partial charge in [-0.3, -0.25) is 0 Å². The summed E-state index contributed by atoms with van der Waals surface area (Å²) in [6.45, 7) is 6.78. The Bertz CT molecular complexity index is 1030. The highest BCUT2D eigenvalue weighted by Gasteiger charge is 2.19. The fourth-order valence-corrected chi connectivity index (χ4v) is 5.11. The van der Waals surface area contributed by atoms with Crippen molar-refractivity contribution in [3.63, 3.8) is 0 Å². The Morgan fingerprint density at radius 2 is 1.71 bits per heavy atom. The van der Waals surface area contributed by atoms with Crippen molar-refractivity contribution >= 4 is 47.8 Å². The first kappa shape index (κ1) is 22.0. The zero-order valence-corrected chi connectivity index (χ0v) is 19.9. The predicted molar refractivity (Wildman–Crippen MR) is 134 cm³/mol. The molecule has 0 bridgehead atoms. The van der Waals surface area contributed by atoms with Crippen LogP contribution < -0.4 is 15.9 Å². The van der Waals surface area contributed by atoms with Crippen LogP contribution in [0.4, 0.5) is 23.0 Å². The molecule has 1 aliphatic rings. The molecule has 7 heteroatoms. The van der Waals surface area contributed by atoms with Crippen molar-refractivity contribution < 1.29 is 0 Å². The highest BCUT2D eigenvalue weighted by Crippen LogP contribution is 2.33. The molecule has 1 aliphatic heterocycles. The minimum absolute atomic E-state index is 0.233. The van der Waals surface area contributed by atoms with E-state index in [1.165, 1.54) is 23.7 Å². The standard InChI is InChI=1S/C24H29ClN5P/c1-30-12-9-17(10-13-30)18-8-11-26-23(14-18)29-24-15-21(19(25)16-27-24)28-20-6-4-5-7-22(20)31(2)3/h4-8,11,14-17H,9-10,12-13H2,1-3H3,(H2,26,27,28,29). The molecule has 3 heterocycles. The first-order chi connectivity index (χ1) is 15.0. The number of likely N-dealkylation sites (tertiary alicyclic amines) is 1. The summed E-state index contributed by atoms with van der Waals surface area (Å²) in [6.07, 6.45) is 5.93. The molecule has 0 unspecified atom stereocenters. The summed E-state index contributed by atoms with van der Waals surface area (Å²) < 4.78 is 0. The number of nitrogens with zero attached hydrogens (tertiary/aromatic N) is 3. The van der Waals surface area contributed by atoms with Crippen LogP contribution >= 0.6 is 19.5 Å². The van der Waals surface area contributed by atoms with E-state index in [1.807, 2.05) is 18.3 Å².